The standard InChI is InChI=1S/C28H26N2O7/c1-33-20-6-2-17(3-7-20)27-21(28(32)29-18-4-9-22-24(14-18)35-13-12-34-22)8-11-26(31)30(27)19-5-10-23-25(15-19)37-16-36-23/h2-7,9-10,14-15,21,27H,8,11-13,16H2,1H3,(H,29,32)/t21-,27+/m1/s1. The molecule has 0 saturated carbocycles. The van der Waals surface area contributed by atoms with Crippen LogP contribution >= 0.6 is 0 Å². The van der Waals surface area contributed by atoms with Crippen LogP contribution in [0.25, 0.3) is 0 Å². The number of nitrogens with one attached hydrogen (secondary N) is 1. The second kappa shape index (κ2) is 9.57. The van der Waals surface area contributed by atoms with Crippen molar-refractivity contribution < 1.29 is 33.3 Å². The van der Waals surface area contributed by atoms with E-state index in [1.165, 1.54) is 0 Å². The average molecular weight is 503 g/mol. The van der Waals surface area contributed by atoms with Gasteiger partial charge in [-0.25, -0.2) is 0 Å². The highest BCUT2D eigenvalue weighted by molar-refractivity contribution is 6.00. The summed E-state index contributed by atoms with van der Waals surface area (Å²) >= 11 is 0. The van der Waals surface area contributed by atoms with Gasteiger partial charge in [0.1, 0.15) is 19.0 Å². The second-order valence-electron chi connectivity index (χ2n) is 9.01. The van der Waals surface area contributed by atoms with Gasteiger partial charge in [-0.3, -0.25) is 9.59 Å². The van der Waals surface area contributed by atoms with E-state index < -0.39 is 12.0 Å². The molecule has 0 unspecified atom stereocenters. The van der Waals surface area contributed by atoms with Gasteiger partial charge in [0.25, 0.3) is 0 Å². The molecule has 3 aliphatic heterocycles. The molecule has 6 rings (SSSR count). The van der Waals surface area contributed by atoms with E-state index in [4.69, 9.17) is 23.7 Å². The van der Waals surface area contributed by atoms with Crippen molar-refractivity contribution in [1.29, 1.82) is 0 Å². The number of anilines is 2. The number of fused-ring (bicyclic) bond motifs is 2. The van der Waals surface area contributed by atoms with Gasteiger partial charge < -0.3 is 33.9 Å². The molecule has 3 aliphatic rings. The summed E-state index contributed by atoms with van der Waals surface area (Å²) in [4.78, 5) is 28.8. The predicted octanol–water partition coefficient (Wildman–Crippen LogP) is 4.32. The molecular weight excluding hydrogens is 476 g/mol. The van der Waals surface area contributed by atoms with E-state index in [0.29, 0.717) is 59.8 Å². The van der Waals surface area contributed by atoms with Gasteiger partial charge >= 0.3 is 0 Å². The predicted molar refractivity (Wildman–Crippen MR) is 135 cm³/mol. The summed E-state index contributed by atoms with van der Waals surface area (Å²) < 4.78 is 27.6. The highest BCUT2D eigenvalue weighted by Crippen LogP contribution is 2.44. The lowest BCUT2D eigenvalue weighted by Gasteiger charge is -2.41. The molecule has 0 bridgehead atoms. The van der Waals surface area contributed by atoms with E-state index >= 15 is 0 Å². The fraction of sp³-hybridized carbons (Fsp3) is 0.286. The number of amides is 2. The van der Waals surface area contributed by atoms with Crippen LogP contribution in [0, 0.1) is 5.92 Å². The highest BCUT2D eigenvalue weighted by atomic mass is 16.7. The van der Waals surface area contributed by atoms with Crippen molar-refractivity contribution in [2.75, 3.05) is 37.3 Å². The molecule has 3 heterocycles. The van der Waals surface area contributed by atoms with Crippen LogP contribution in [-0.4, -0.2) is 38.9 Å². The molecule has 1 saturated heterocycles. The summed E-state index contributed by atoms with van der Waals surface area (Å²) in [6.45, 7) is 1.09. The minimum Gasteiger partial charge on any atom is -0.497 e. The Morgan fingerprint density at radius 2 is 1.59 bits per heavy atom. The van der Waals surface area contributed by atoms with Crippen LogP contribution in [-0.2, 0) is 9.59 Å². The Morgan fingerprint density at radius 3 is 2.41 bits per heavy atom. The van der Waals surface area contributed by atoms with E-state index in [-0.39, 0.29) is 25.0 Å². The SMILES string of the molecule is COc1ccc([C@H]2[C@H](C(=O)Nc3ccc4c(c3)OCCO4)CCC(=O)N2c2ccc3c(c2)OCO3)cc1. The second-order valence-corrected chi connectivity index (χ2v) is 9.01. The summed E-state index contributed by atoms with van der Waals surface area (Å²) in [5.41, 5.74) is 2.08. The largest absolute Gasteiger partial charge is 0.497 e. The van der Waals surface area contributed by atoms with Crippen molar-refractivity contribution in [2.45, 2.75) is 18.9 Å². The normalized spacial score (nSPS) is 19.9. The number of rotatable bonds is 5. The van der Waals surface area contributed by atoms with Crippen LogP contribution in [0.1, 0.15) is 24.4 Å². The molecule has 0 radical (unpaired) electrons. The first-order valence-electron chi connectivity index (χ1n) is 12.2. The van der Waals surface area contributed by atoms with E-state index in [1.807, 2.05) is 30.3 Å². The Labute approximate surface area is 213 Å². The van der Waals surface area contributed by atoms with Gasteiger partial charge in [-0.15, -0.1) is 0 Å². The number of carbonyl (C=O) groups is 2. The zero-order valence-corrected chi connectivity index (χ0v) is 20.3. The maximum Gasteiger partial charge on any atom is 0.231 e. The molecule has 1 fully saturated rings. The Hall–Kier alpha value is -4.40. The van der Waals surface area contributed by atoms with E-state index in [2.05, 4.69) is 5.32 Å². The summed E-state index contributed by atoms with van der Waals surface area (Å²) in [5, 5.41) is 3.03. The third-order valence-electron chi connectivity index (χ3n) is 6.84. The number of methoxy groups -OCH3 is 1. The maximum absolute atomic E-state index is 13.7. The quantitative estimate of drug-likeness (QED) is 0.555. The Balaban J connectivity index is 1.35. The van der Waals surface area contributed by atoms with E-state index in [0.717, 1.165) is 5.56 Å². The first-order valence-corrected chi connectivity index (χ1v) is 12.2. The first-order chi connectivity index (χ1) is 18.1. The van der Waals surface area contributed by atoms with E-state index in [9.17, 15) is 9.59 Å². The van der Waals surface area contributed by atoms with Crippen molar-refractivity contribution in [2.24, 2.45) is 5.92 Å². The zero-order valence-electron chi connectivity index (χ0n) is 20.3. The van der Waals surface area contributed by atoms with Gasteiger partial charge in [0.15, 0.2) is 23.0 Å². The van der Waals surface area contributed by atoms with Gasteiger partial charge in [0.05, 0.1) is 19.1 Å². The van der Waals surface area contributed by atoms with Crippen molar-refractivity contribution in [1.82, 2.24) is 0 Å². The maximum atomic E-state index is 13.7. The fourth-order valence-corrected chi connectivity index (χ4v) is 5.05. The molecule has 1 N–H and O–H groups in total. The van der Waals surface area contributed by atoms with Crippen LogP contribution in [0.3, 0.4) is 0 Å². The number of hydrogen-bond donors (Lipinski definition) is 1. The number of nitrogens with zero attached hydrogens (tertiary/aromatic N) is 1. The smallest absolute Gasteiger partial charge is 0.231 e. The van der Waals surface area contributed by atoms with Crippen LogP contribution in [0.5, 0.6) is 28.7 Å². The molecule has 2 amide bonds. The molecule has 9 nitrogen and oxygen atoms in total. The molecular formula is C28H26N2O7. The summed E-state index contributed by atoms with van der Waals surface area (Å²) in [7, 11) is 1.60. The average Bonchev–Trinajstić information content (AvgIpc) is 3.41. The molecule has 0 aromatic heterocycles. The topological polar surface area (TPSA) is 95.6 Å². The Morgan fingerprint density at radius 1 is 0.892 bits per heavy atom. The van der Waals surface area contributed by atoms with Crippen LogP contribution in [0.15, 0.2) is 60.7 Å². The van der Waals surface area contributed by atoms with E-state index in [1.54, 1.807) is 42.3 Å². The molecule has 3 aromatic carbocycles. The minimum atomic E-state index is -0.537. The number of carbonyl (C=O) groups excluding carboxylic acids is 2. The third kappa shape index (κ3) is 4.37. The number of benzene rings is 3. The van der Waals surface area contributed by atoms with Gasteiger partial charge in [-0.2, -0.15) is 0 Å². The summed E-state index contributed by atoms with van der Waals surface area (Å²) in [6, 6.07) is 17.7. The van der Waals surface area contributed by atoms with Crippen LogP contribution < -0.4 is 33.9 Å². The molecule has 190 valence electrons. The Kier molecular flexibility index (Phi) is 5.96. The lowest BCUT2D eigenvalue weighted by molar-refractivity contribution is -0.125. The fourth-order valence-electron chi connectivity index (χ4n) is 5.05. The summed E-state index contributed by atoms with van der Waals surface area (Å²) in [6.07, 6.45) is 0.646. The summed E-state index contributed by atoms with van der Waals surface area (Å²) in [5.74, 6) is 2.37. The minimum absolute atomic E-state index is 0.0666. The molecule has 2 atom stereocenters. The van der Waals surface area contributed by atoms with Gasteiger partial charge in [-0.05, 0) is 48.4 Å². The van der Waals surface area contributed by atoms with Crippen molar-refractivity contribution in [3.63, 3.8) is 0 Å². The molecule has 37 heavy (non-hydrogen) atoms. The van der Waals surface area contributed by atoms with Gasteiger partial charge in [-0.1, -0.05) is 12.1 Å². The number of hydrogen-bond acceptors (Lipinski definition) is 7. The molecule has 9 heteroatoms. The number of piperidine rings is 1. The van der Waals surface area contributed by atoms with Crippen molar-refractivity contribution in [3.05, 3.63) is 66.2 Å². The molecule has 0 aliphatic carbocycles. The van der Waals surface area contributed by atoms with Crippen LogP contribution in [0.4, 0.5) is 11.4 Å². The molecule has 0 spiro atoms. The van der Waals surface area contributed by atoms with Crippen LogP contribution in [0.2, 0.25) is 0 Å². The highest BCUT2D eigenvalue weighted by Gasteiger charge is 2.42. The van der Waals surface area contributed by atoms with Gasteiger partial charge in [0, 0.05) is 29.9 Å². The van der Waals surface area contributed by atoms with Gasteiger partial charge in [0.2, 0.25) is 18.6 Å². The lowest BCUT2D eigenvalue weighted by Crippen LogP contribution is -2.47. The molecule has 3 aromatic rings. The third-order valence-corrected chi connectivity index (χ3v) is 6.84. The monoisotopic (exact) mass is 502 g/mol. The zero-order chi connectivity index (χ0) is 25.4. The number of ether oxygens (including phenoxy) is 5. The van der Waals surface area contributed by atoms with Crippen molar-refractivity contribution in [3.8, 4) is 28.7 Å². The Bertz CT molecular complexity index is 1340. The lowest BCUT2D eigenvalue weighted by atomic mass is 9.83. The van der Waals surface area contributed by atoms with Crippen molar-refractivity contribution >= 4 is 23.2 Å². The first kappa shape index (κ1) is 23.0.